The van der Waals surface area contributed by atoms with Gasteiger partial charge in [-0.2, -0.15) is 0 Å². The lowest BCUT2D eigenvalue weighted by Crippen LogP contribution is -1.96. The van der Waals surface area contributed by atoms with Gasteiger partial charge in [-0.15, -0.1) is 11.8 Å². The summed E-state index contributed by atoms with van der Waals surface area (Å²) in [5.41, 5.74) is 1.12. The average Bonchev–Trinajstić information content (AvgIpc) is 2.40. The minimum atomic E-state index is -0.994. The third-order valence-electron chi connectivity index (χ3n) is 2.35. The van der Waals surface area contributed by atoms with Crippen molar-refractivity contribution in [1.82, 2.24) is 4.98 Å². The summed E-state index contributed by atoms with van der Waals surface area (Å²) < 4.78 is 13.5. The minimum Gasteiger partial charge on any atom is -0.478 e. The van der Waals surface area contributed by atoms with Gasteiger partial charge in [0, 0.05) is 11.9 Å². The number of pyridine rings is 1. The first-order chi connectivity index (χ1) is 9.06. The number of nitrogens with zero attached hydrogens (tertiary/aromatic N) is 1. The predicted octanol–water partition coefficient (Wildman–Crippen LogP) is 3.97. The largest absolute Gasteiger partial charge is 0.478 e. The lowest BCUT2D eigenvalue weighted by molar-refractivity contribution is 0.0696. The van der Waals surface area contributed by atoms with Gasteiger partial charge in [0.05, 0.1) is 15.1 Å². The zero-order valence-corrected chi connectivity index (χ0v) is 12.0. The summed E-state index contributed by atoms with van der Waals surface area (Å²) in [6.07, 6.45) is 1.32. The highest BCUT2D eigenvalue weighted by Gasteiger charge is 2.05. The van der Waals surface area contributed by atoms with Crippen molar-refractivity contribution in [3.05, 3.63) is 57.9 Å². The summed E-state index contributed by atoms with van der Waals surface area (Å²) in [6, 6.07) is 8.00. The van der Waals surface area contributed by atoms with E-state index in [-0.39, 0.29) is 11.4 Å². The molecule has 0 aliphatic carbocycles. The number of aromatic carboxylic acids is 1. The predicted molar refractivity (Wildman–Crippen MR) is 74.9 cm³/mol. The third-order valence-corrected chi connectivity index (χ3v) is 3.98. The third kappa shape index (κ3) is 3.78. The van der Waals surface area contributed by atoms with Gasteiger partial charge in [-0.1, -0.05) is 6.07 Å². The molecular weight excluding hydrogens is 333 g/mol. The van der Waals surface area contributed by atoms with E-state index >= 15 is 0 Å². The number of hydrogen-bond acceptors (Lipinski definition) is 3. The van der Waals surface area contributed by atoms with Crippen LogP contribution in [0.5, 0.6) is 0 Å². The van der Waals surface area contributed by atoms with Gasteiger partial charge in [0.1, 0.15) is 5.82 Å². The number of hydrogen-bond donors (Lipinski definition) is 1. The summed E-state index contributed by atoms with van der Waals surface area (Å²) in [6.45, 7) is 0. The Morgan fingerprint density at radius 2 is 2.16 bits per heavy atom. The lowest BCUT2D eigenvalue weighted by Gasteiger charge is -2.03. The first-order valence-electron chi connectivity index (χ1n) is 5.32. The molecule has 0 radical (unpaired) electrons. The van der Waals surface area contributed by atoms with Crippen LogP contribution in [0, 0.1) is 5.82 Å². The van der Waals surface area contributed by atoms with E-state index in [9.17, 15) is 9.18 Å². The Bertz CT molecular complexity index is 604. The van der Waals surface area contributed by atoms with Crippen molar-refractivity contribution in [2.24, 2.45) is 0 Å². The highest BCUT2D eigenvalue weighted by atomic mass is 79.9. The monoisotopic (exact) mass is 341 g/mol. The van der Waals surface area contributed by atoms with Gasteiger partial charge < -0.3 is 5.11 Å². The highest BCUT2D eigenvalue weighted by molar-refractivity contribution is 9.10. The topological polar surface area (TPSA) is 50.2 Å². The van der Waals surface area contributed by atoms with Crippen molar-refractivity contribution in [2.45, 2.75) is 10.8 Å². The number of carboxylic acids is 1. The van der Waals surface area contributed by atoms with E-state index in [0.717, 1.165) is 10.6 Å². The average molecular weight is 342 g/mol. The van der Waals surface area contributed by atoms with Crippen LogP contribution >= 0.6 is 27.7 Å². The zero-order chi connectivity index (χ0) is 13.8. The van der Waals surface area contributed by atoms with Gasteiger partial charge in [-0.25, -0.2) is 14.2 Å². The summed E-state index contributed by atoms with van der Waals surface area (Å²) in [5, 5.41) is 9.48. The smallest absolute Gasteiger partial charge is 0.337 e. The van der Waals surface area contributed by atoms with Crippen LogP contribution in [0.25, 0.3) is 0 Å². The maximum atomic E-state index is 13.1. The molecule has 98 valence electrons. The van der Waals surface area contributed by atoms with E-state index in [1.807, 2.05) is 0 Å². The Balaban J connectivity index is 2.01. The van der Waals surface area contributed by atoms with E-state index in [1.165, 1.54) is 30.1 Å². The van der Waals surface area contributed by atoms with Gasteiger partial charge in [0.2, 0.25) is 0 Å². The van der Waals surface area contributed by atoms with Crippen LogP contribution < -0.4 is 0 Å². The first-order valence-corrected chi connectivity index (χ1v) is 7.10. The second-order valence-electron chi connectivity index (χ2n) is 3.73. The van der Waals surface area contributed by atoms with Crippen molar-refractivity contribution >= 4 is 33.7 Å². The van der Waals surface area contributed by atoms with Crippen LogP contribution in [0.15, 0.2) is 46.0 Å². The summed E-state index contributed by atoms with van der Waals surface area (Å²) in [5.74, 6) is -0.651. The number of carbonyl (C=O) groups is 1. The van der Waals surface area contributed by atoms with Crippen molar-refractivity contribution in [2.75, 3.05) is 0 Å². The quantitative estimate of drug-likeness (QED) is 0.854. The van der Waals surface area contributed by atoms with Gasteiger partial charge in [0.25, 0.3) is 0 Å². The molecule has 0 aliphatic rings. The maximum Gasteiger partial charge on any atom is 0.337 e. The zero-order valence-electron chi connectivity index (χ0n) is 9.64. The Hall–Kier alpha value is -1.40. The molecule has 2 rings (SSSR count). The Labute approximate surface area is 122 Å². The van der Waals surface area contributed by atoms with E-state index in [0.29, 0.717) is 10.2 Å². The Morgan fingerprint density at radius 1 is 1.37 bits per heavy atom. The van der Waals surface area contributed by atoms with Crippen LogP contribution in [-0.4, -0.2) is 16.1 Å². The molecule has 19 heavy (non-hydrogen) atoms. The Kier molecular flexibility index (Phi) is 4.55. The molecule has 0 amide bonds. The fourth-order valence-corrected chi connectivity index (χ4v) is 2.59. The summed E-state index contributed by atoms with van der Waals surface area (Å²) in [7, 11) is 0. The van der Waals surface area contributed by atoms with Gasteiger partial charge in [-0.05, 0) is 45.8 Å². The second kappa shape index (κ2) is 6.16. The maximum absolute atomic E-state index is 13.1. The van der Waals surface area contributed by atoms with Crippen LogP contribution in [0.2, 0.25) is 0 Å². The first kappa shape index (κ1) is 14.0. The van der Waals surface area contributed by atoms with Crippen molar-refractivity contribution in [3.8, 4) is 0 Å². The van der Waals surface area contributed by atoms with Crippen molar-refractivity contribution in [3.63, 3.8) is 0 Å². The minimum absolute atomic E-state index is 0.161. The number of rotatable bonds is 4. The SMILES string of the molecule is O=C(O)c1ccc(SCc2ccc(F)c(Br)c2)nc1. The van der Waals surface area contributed by atoms with E-state index in [2.05, 4.69) is 20.9 Å². The number of aromatic nitrogens is 1. The molecule has 3 nitrogen and oxygen atoms in total. The highest BCUT2D eigenvalue weighted by Crippen LogP contribution is 2.24. The Morgan fingerprint density at radius 3 is 2.74 bits per heavy atom. The molecule has 2 aromatic rings. The standard InChI is InChI=1S/C13H9BrFNO2S/c14-10-5-8(1-3-11(10)15)7-19-12-4-2-9(6-16-12)13(17)18/h1-6H,7H2,(H,17,18). The molecule has 0 saturated heterocycles. The fraction of sp³-hybridized carbons (Fsp3) is 0.0769. The number of thioether (sulfide) groups is 1. The van der Waals surface area contributed by atoms with Gasteiger partial charge in [0.15, 0.2) is 0 Å². The molecule has 6 heteroatoms. The molecule has 1 aromatic heterocycles. The molecule has 0 unspecified atom stereocenters. The summed E-state index contributed by atoms with van der Waals surface area (Å²) >= 11 is 4.59. The molecule has 1 N–H and O–H groups in total. The fourth-order valence-electron chi connectivity index (χ4n) is 1.38. The normalized spacial score (nSPS) is 10.4. The van der Waals surface area contributed by atoms with Gasteiger partial charge in [-0.3, -0.25) is 0 Å². The molecule has 0 saturated carbocycles. The van der Waals surface area contributed by atoms with Crippen molar-refractivity contribution in [1.29, 1.82) is 0 Å². The number of halogens is 2. The molecule has 0 aliphatic heterocycles. The molecule has 0 spiro atoms. The second-order valence-corrected chi connectivity index (χ2v) is 5.58. The lowest BCUT2D eigenvalue weighted by atomic mass is 10.2. The molecule has 1 heterocycles. The van der Waals surface area contributed by atoms with Crippen LogP contribution in [-0.2, 0) is 5.75 Å². The van der Waals surface area contributed by atoms with E-state index in [4.69, 9.17) is 5.11 Å². The van der Waals surface area contributed by atoms with Gasteiger partial charge >= 0.3 is 5.97 Å². The van der Waals surface area contributed by atoms with E-state index < -0.39 is 5.97 Å². The molecule has 0 fully saturated rings. The molecule has 1 aromatic carbocycles. The summed E-state index contributed by atoms with van der Waals surface area (Å²) in [4.78, 5) is 14.7. The number of carboxylic acid groups (broad SMARTS) is 1. The van der Waals surface area contributed by atoms with Crippen LogP contribution in [0.3, 0.4) is 0 Å². The van der Waals surface area contributed by atoms with Crippen molar-refractivity contribution < 1.29 is 14.3 Å². The van der Waals surface area contributed by atoms with E-state index in [1.54, 1.807) is 18.2 Å². The number of benzene rings is 1. The van der Waals surface area contributed by atoms with Crippen LogP contribution in [0.4, 0.5) is 4.39 Å². The molecule has 0 atom stereocenters. The molecule has 0 bridgehead atoms. The molecular formula is C13H9BrFNO2S. The van der Waals surface area contributed by atoms with Crippen LogP contribution in [0.1, 0.15) is 15.9 Å².